The molecule has 0 fully saturated rings. The van der Waals surface area contributed by atoms with E-state index in [0.717, 1.165) is 33.7 Å². The molecule has 3 aromatic carbocycles. The maximum absolute atomic E-state index is 13.9. The molecule has 3 aromatic rings. The van der Waals surface area contributed by atoms with Crippen LogP contribution in [0.4, 0.5) is 5.69 Å². The first-order valence-corrected chi connectivity index (χ1v) is 14.7. The van der Waals surface area contributed by atoms with Gasteiger partial charge in [0.2, 0.25) is 21.8 Å². The minimum atomic E-state index is -3.79. The van der Waals surface area contributed by atoms with Gasteiger partial charge in [0.1, 0.15) is 12.6 Å². The van der Waals surface area contributed by atoms with Crippen molar-refractivity contribution in [3.8, 4) is 0 Å². The third kappa shape index (κ3) is 8.33. The van der Waals surface area contributed by atoms with Crippen LogP contribution in [0.5, 0.6) is 0 Å². The molecule has 3 rings (SSSR count). The largest absolute Gasteiger partial charge is 0.354 e. The highest BCUT2D eigenvalue weighted by Gasteiger charge is 2.32. The van der Waals surface area contributed by atoms with Crippen LogP contribution in [0.1, 0.15) is 30.0 Å². The highest BCUT2D eigenvalue weighted by molar-refractivity contribution is 7.92. The average Bonchev–Trinajstić information content (AvgIpc) is 2.89. The van der Waals surface area contributed by atoms with Gasteiger partial charge in [0.05, 0.1) is 11.9 Å². The van der Waals surface area contributed by atoms with E-state index in [1.807, 2.05) is 44.2 Å². The summed E-state index contributed by atoms with van der Waals surface area (Å²) in [5.41, 5.74) is 3.00. The van der Waals surface area contributed by atoms with E-state index in [2.05, 4.69) is 5.32 Å². The van der Waals surface area contributed by atoms with E-state index in [9.17, 15) is 18.0 Å². The summed E-state index contributed by atoms with van der Waals surface area (Å²) in [5.74, 6) is -0.780. The summed E-state index contributed by atoms with van der Waals surface area (Å²) < 4.78 is 26.6. The molecule has 7 nitrogen and oxygen atoms in total. The maximum Gasteiger partial charge on any atom is 0.244 e. The van der Waals surface area contributed by atoms with Crippen LogP contribution in [0.25, 0.3) is 0 Å². The summed E-state index contributed by atoms with van der Waals surface area (Å²) in [4.78, 5) is 28.8. The molecule has 0 aliphatic carbocycles. The van der Waals surface area contributed by atoms with Gasteiger partial charge in [-0.25, -0.2) is 8.42 Å². The van der Waals surface area contributed by atoms with Gasteiger partial charge in [-0.1, -0.05) is 78.7 Å². The molecule has 1 N–H and O–H groups in total. The van der Waals surface area contributed by atoms with Crippen LogP contribution in [0.15, 0.2) is 78.9 Å². The average molecular weight is 556 g/mol. The molecule has 1 atom stereocenters. The first-order chi connectivity index (χ1) is 18.1. The van der Waals surface area contributed by atoms with Gasteiger partial charge >= 0.3 is 0 Å². The predicted molar refractivity (Wildman–Crippen MR) is 153 cm³/mol. The first kappa shape index (κ1) is 29.2. The van der Waals surface area contributed by atoms with Crippen molar-refractivity contribution in [2.45, 2.75) is 39.3 Å². The summed E-state index contributed by atoms with van der Waals surface area (Å²) in [7, 11) is -3.79. The minimum absolute atomic E-state index is 0.110. The Hall–Kier alpha value is -3.36. The number of sulfonamides is 1. The van der Waals surface area contributed by atoms with E-state index in [-0.39, 0.29) is 18.9 Å². The van der Waals surface area contributed by atoms with Crippen molar-refractivity contribution in [1.82, 2.24) is 10.2 Å². The molecule has 0 aliphatic heterocycles. The summed E-state index contributed by atoms with van der Waals surface area (Å²) >= 11 is 6.07. The third-order valence-electron chi connectivity index (χ3n) is 6.09. The van der Waals surface area contributed by atoms with Crippen LogP contribution >= 0.6 is 11.6 Å². The zero-order valence-corrected chi connectivity index (χ0v) is 23.5. The molecule has 0 saturated heterocycles. The Bertz CT molecular complexity index is 1310. The van der Waals surface area contributed by atoms with E-state index in [1.54, 1.807) is 48.5 Å². The Morgan fingerprint density at radius 3 is 2.13 bits per heavy atom. The monoisotopic (exact) mass is 555 g/mol. The number of rotatable bonds is 12. The van der Waals surface area contributed by atoms with E-state index in [1.165, 1.54) is 4.90 Å². The molecule has 0 aliphatic rings. The number of anilines is 1. The van der Waals surface area contributed by atoms with Crippen LogP contribution in [0.2, 0.25) is 5.02 Å². The van der Waals surface area contributed by atoms with Crippen LogP contribution in [-0.2, 0) is 32.6 Å². The third-order valence-corrected chi connectivity index (χ3v) is 7.48. The zero-order valence-electron chi connectivity index (χ0n) is 21.9. The number of amides is 2. The van der Waals surface area contributed by atoms with E-state index in [4.69, 9.17) is 11.6 Å². The molecule has 9 heteroatoms. The van der Waals surface area contributed by atoms with Crippen molar-refractivity contribution in [2.24, 2.45) is 0 Å². The lowest BCUT2D eigenvalue weighted by Crippen LogP contribution is -2.53. The van der Waals surface area contributed by atoms with Crippen molar-refractivity contribution in [1.29, 1.82) is 0 Å². The smallest absolute Gasteiger partial charge is 0.244 e. The van der Waals surface area contributed by atoms with Crippen LogP contribution in [-0.4, -0.2) is 50.5 Å². The predicted octanol–water partition coefficient (Wildman–Crippen LogP) is 4.58. The lowest BCUT2D eigenvalue weighted by Gasteiger charge is -2.33. The Labute approximate surface area is 230 Å². The van der Waals surface area contributed by atoms with Crippen molar-refractivity contribution >= 4 is 39.1 Å². The number of carbonyl (C=O) groups is 2. The molecule has 0 aromatic heterocycles. The van der Waals surface area contributed by atoms with Gasteiger partial charge in [-0.15, -0.1) is 0 Å². The molecule has 2 amide bonds. The highest BCUT2D eigenvalue weighted by Crippen LogP contribution is 2.21. The molecule has 0 radical (unpaired) electrons. The van der Waals surface area contributed by atoms with E-state index < -0.39 is 28.5 Å². The molecule has 202 valence electrons. The van der Waals surface area contributed by atoms with Crippen molar-refractivity contribution in [3.05, 3.63) is 101 Å². The van der Waals surface area contributed by atoms with Gasteiger partial charge < -0.3 is 10.2 Å². The van der Waals surface area contributed by atoms with Crippen molar-refractivity contribution in [2.75, 3.05) is 23.7 Å². The van der Waals surface area contributed by atoms with Crippen molar-refractivity contribution < 1.29 is 18.0 Å². The Balaban J connectivity index is 2.02. The first-order valence-electron chi connectivity index (χ1n) is 12.5. The second-order valence-corrected chi connectivity index (χ2v) is 11.6. The number of hydrogen-bond acceptors (Lipinski definition) is 4. The molecule has 0 spiro atoms. The number of hydrogen-bond donors (Lipinski definition) is 1. The standard InChI is InChI=1S/C29H34ClN3O4S/c1-4-18-31-29(35)27(19-23-8-6-5-7-9-23)32(20-24-12-14-25(30)15-13-24)28(34)21-33(38(3,36)37)26-16-10-22(2)11-17-26/h5-17,27H,4,18-21H2,1-3H3,(H,31,35)/t27-/m1/s1. The summed E-state index contributed by atoms with van der Waals surface area (Å²) in [6.07, 6.45) is 2.09. The van der Waals surface area contributed by atoms with Crippen molar-refractivity contribution in [3.63, 3.8) is 0 Å². The van der Waals surface area contributed by atoms with Gasteiger partial charge in [0.15, 0.2) is 0 Å². The fourth-order valence-corrected chi connectivity index (χ4v) is 5.01. The van der Waals surface area contributed by atoms with Crippen LogP contribution < -0.4 is 9.62 Å². The second-order valence-electron chi connectivity index (χ2n) is 9.25. The molecule has 0 saturated carbocycles. The highest BCUT2D eigenvalue weighted by atomic mass is 35.5. The number of nitrogens with zero attached hydrogens (tertiary/aromatic N) is 2. The topological polar surface area (TPSA) is 86.8 Å². The molecule has 0 heterocycles. The number of carbonyl (C=O) groups excluding carboxylic acids is 2. The van der Waals surface area contributed by atoms with E-state index >= 15 is 0 Å². The fourth-order valence-electron chi connectivity index (χ4n) is 4.03. The maximum atomic E-state index is 13.9. The van der Waals surface area contributed by atoms with Gasteiger partial charge in [-0.3, -0.25) is 13.9 Å². The normalized spacial score (nSPS) is 12.0. The molecule has 0 unspecified atom stereocenters. The van der Waals surface area contributed by atoms with Crippen LogP contribution in [0.3, 0.4) is 0 Å². The van der Waals surface area contributed by atoms with E-state index in [0.29, 0.717) is 17.3 Å². The lowest BCUT2D eigenvalue weighted by molar-refractivity contribution is -0.140. The fraction of sp³-hybridized carbons (Fsp3) is 0.310. The number of halogens is 1. The lowest BCUT2D eigenvalue weighted by atomic mass is 10.0. The van der Waals surface area contributed by atoms with Crippen LogP contribution in [0, 0.1) is 6.92 Å². The molecule has 38 heavy (non-hydrogen) atoms. The summed E-state index contributed by atoms with van der Waals surface area (Å²) in [6.45, 7) is 3.98. The number of nitrogens with one attached hydrogen (secondary N) is 1. The minimum Gasteiger partial charge on any atom is -0.354 e. The Kier molecular flexibility index (Phi) is 10.3. The number of benzene rings is 3. The quantitative estimate of drug-likeness (QED) is 0.354. The van der Waals surface area contributed by atoms with Gasteiger partial charge in [-0.05, 0) is 48.7 Å². The van der Waals surface area contributed by atoms with Gasteiger partial charge in [0.25, 0.3) is 0 Å². The molecule has 0 bridgehead atoms. The Morgan fingerprint density at radius 1 is 0.921 bits per heavy atom. The molecular formula is C29H34ClN3O4S. The van der Waals surface area contributed by atoms with Gasteiger partial charge in [0, 0.05) is 24.5 Å². The summed E-state index contributed by atoms with van der Waals surface area (Å²) in [5, 5.41) is 3.47. The zero-order chi connectivity index (χ0) is 27.7. The second kappa shape index (κ2) is 13.4. The molecular weight excluding hydrogens is 522 g/mol. The Morgan fingerprint density at radius 2 is 1.55 bits per heavy atom. The van der Waals surface area contributed by atoms with Gasteiger partial charge in [-0.2, -0.15) is 0 Å². The SMILES string of the molecule is CCCNC(=O)[C@@H](Cc1ccccc1)N(Cc1ccc(Cl)cc1)C(=O)CN(c1ccc(C)cc1)S(C)(=O)=O. The number of aryl methyl sites for hydroxylation is 1. The summed E-state index contributed by atoms with van der Waals surface area (Å²) in [6, 6.07) is 22.5.